The molecule has 6 aromatic rings. The van der Waals surface area contributed by atoms with E-state index in [0.29, 0.717) is 0 Å². The van der Waals surface area contributed by atoms with Gasteiger partial charge in [-0.15, -0.1) is 0 Å². The third-order valence-electron chi connectivity index (χ3n) is 10.3. The van der Waals surface area contributed by atoms with Crippen LogP contribution < -0.4 is 18.9 Å². The Labute approximate surface area is 310 Å². The van der Waals surface area contributed by atoms with E-state index < -0.39 is 0 Å². The molecule has 0 unspecified atom stereocenters. The fraction of sp³-hybridized carbons (Fsp3) is 0.250. The summed E-state index contributed by atoms with van der Waals surface area (Å²) in [5.74, 6) is 3.46. The highest BCUT2D eigenvalue weighted by molar-refractivity contribution is 5.90. The summed E-state index contributed by atoms with van der Waals surface area (Å²) in [6.07, 6.45) is 0. The molecule has 0 saturated carbocycles. The maximum Gasteiger partial charge on any atom is 0.119 e. The average molecular weight is 691 g/mol. The Morgan fingerprint density at radius 1 is 0.231 bits per heavy atom. The number of hydrogen-bond donors (Lipinski definition) is 0. The second-order valence-electron chi connectivity index (χ2n) is 14.1. The van der Waals surface area contributed by atoms with E-state index >= 15 is 0 Å². The predicted octanol–water partition coefficient (Wildman–Crippen LogP) is 12.5. The zero-order valence-corrected chi connectivity index (χ0v) is 32.7. The van der Waals surface area contributed by atoms with Crippen LogP contribution in [0.15, 0.2) is 84.9 Å². The minimum atomic E-state index is 0.866. The molecule has 4 nitrogen and oxygen atoms in total. The standard InChI is InChI=1S/C48H50O4/c1-27-13-41(49-9)14-28(2)45(27)37-21-35(22-38(25-37)46-29(3)15-42(50-10)16-30(46)4)36-23-39(47-31(5)17-43(51-11)18-32(47)6)26-40(24-36)48-33(7)19-44(52-12)20-34(48)8/h13-26H,1-12H3. The van der Waals surface area contributed by atoms with Crippen molar-refractivity contribution in [2.45, 2.75) is 55.4 Å². The zero-order valence-electron chi connectivity index (χ0n) is 32.7. The Morgan fingerprint density at radius 2 is 0.385 bits per heavy atom. The third-order valence-corrected chi connectivity index (χ3v) is 10.3. The molecule has 0 aromatic heterocycles. The Kier molecular flexibility index (Phi) is 10.2. The maximum atomic E-state index is 5.66. The van der Waals surface area contributed by atoms with Gasteiger partial charge in [-0.3, -0.25) is 0 Å². The average Bonchev–Trinajstić information content (AvgIpc) is 3.10. The van der Waals surface area contributed by atoms with Crippen LogP contribution in [0.25, 0.3) is 55.6 Å². The lowest BCUT2D eigenvalue weighted by atomic mass is 9.85. The number of aryl methyl sites for hydroxylation is 8. The molecule has 266 valence electrons. The lowest BCUT2D eigenvalue weighted by Crippen LogP contribution is -1.97. The largest absolute Gasteiger partial charge is 0.497 e. The molecule has 0 atom stereocenters. The van der Waals surface area contributed by atoms with Crippen LogP contribution >= 0.6 is 0 Å². The van der Waals surface area contributed by atoms with Crippen molar-refractivity contribution < 1.29 is 18.9 Å². The summed E-state index contributed by atoms with van der Waals surface area (Å²) in [6, 6.07) is 31.1. The highest BCUT2D eigenvalue weighted by Crippen LogP contribution is 2.43. The van der Waals surface area contributed by atoms with Crippen molar-refractivity contribution in [2.75, 3.05) is 28.4 Å². The second kappa shape index (κ2) is 14.6. The molecule has 0 fully saturated rings. The number of rotatable bonds is 9. The molecule has 52 heavy (non-hydrogen) atoms. The van der Waals surface area contributed by atoms with E-state index in [1.165, 1.54) is 89.0 Å². The van der Waals surface area contributed by atoms with Gasteiger partial charge in [0.2, 0.25) is 0 Å². The quantitative estimate of drug-likeness (QED) is 0.151. The van der Waals surface area contributed by atoms with Gasteiger partial charge in [-0.2, -0.15) is 0 Å². The van der Waals surface area contributed by atoms with Crippen LogP contribution in [0.3, 0.4) is 0 Å². The Bertz CT molecular complexity index is 1920. The summed E-state index contributed by atoms with van der Waals surface area (Å²) >= 11 is 0. The summed E-state index contributed by atoms with van der Waals surface area (Å²) in [5, 5.41) is 0. The molecule has 0 N–H and O–H groups in total. The fourth-order valence-electron chi connectivity index (χ4n) is 8.15. The molecule has 6 aromatic carbocycles. The molecule has 0 aliphatic carbocycles. The van der Waals surface area contributed by atoms with Crippen LogP contribution in [-0.4, -0.2) is 28.4 Å². The first-order valence-electron chi connectivity index (χ1n) is 17.8. The van der Waals surface area contributed by atoms with Gasteiger partial charge in [-0.05, 0) is 240 Å². The molecule has 0 spiro atoms. The predicted molar refractivity (Wildman–Crippen MR) is 218 cm³/mol. The molecule has 6 rings (SSSR count). The van der Waals surface area contributed by atoms with Gasteiger partial charge in [-0.1, -0.05) is 0 Å². The zero-order chi connectivity index (χ0) is 37.4. The van der Waals surface area contributed by atoms with Crippen molar-refractivity contribution in [3.63, 3.8) is 0 Å². The van der Waals surface area contributed by atoms with Gasteiger partial charge < -0.3 is 18.9 Å². The summed E-state index contributed by atoms with van der Waals surface area (Å²) in [7, 11) is 6.91. The third kappa shape index (κ3) is 6.90. The van der Waals surface area contributed by atoms with Gasteiger partial charge in [0.05, 0.1) is 28.4 Å². The monoisotopic (exact) mass is 690 g/mol. The summed E-state index contributed by atoms with van der Waals surface area (Å²) < 4.78 is 22.6. The van der Waals surface area contributed by atoms with Crippen LogP contribution in [0.1, 0.15) is 44.5 Å². The molecular weight excluding hydrogens is 641 g/mol. The van der Waals surface area contributed by atoms with Crippen LogP contribution in [0.5, 0.6) is 23.0 Å². The van der Waals surface area contributed by atoms with Crippen molar-refractivity contribution in [1.82, 2.24) is 0 Å². The van der Waals surface area contributed by atoms with E-state index in [1.54, 1.807) is 28.4 Å². The molecule has 0 bridgehead atoms. The number of methoxy groups -OCH3 is 4. The fourth-order valence-corrected chi connectivity index (χ4v) is 8.15. The van der Waals surface area contributed by atoms with Gasteiger partial charge in [0.15, 0.2) is 0 Å². The minimum absolute atomic E-state index is 0.866. The van der Waals surface area contributed by atoms with Crippen molar-refractivity contribution in [2.24, 2.45) is 0 Å². The summed E-state index contributed by atoms with van der Waals surface area (Å²) in [6.45, 7) is 17.4. The molecular formula is C48H50O4. The van der Waals surface area contributed by atoms with Crippen LogP contribution in [0.2, 0.25) is 0 Å². The molecule has 0 amide bonds. The maximum absolute atomic E-state index is 5.66. The van der Waals surface area contributed by atoms with E-state index in [2.05, 4.69) is 140 Å². The Balaban J connectivity index is 1.70. The smallest absolute Gasteiger partial charge is 0.119 e. The van der Waals surface area contributed by atoms with Crippen molar-refractivity contribution >= 4 is 0 Å². The van der Waals surface area contributed by atoms with E-state index in [1.807, 2.05) is 0 Å². The molecule has 0 aliphatic rings. The van der Waals surface area contributed by atoms with E-state index in [0.717, 1.165) is 34.1 Å². The lowest BCUT2D eigenvalue weighted by molar-refractivity contribution is 0.414. The first kappa shape index (κ1) is 36.3. The SMILES string of the molecule is COc1cc(C)c(-c2cc(-c3cc(-c4c(C)cc(OC)cc4C)cc(-c4c(C)cc(OC)cc4C)c3)cc(-c3c(C)cc(OC)cc3C)c2)c(C)c1. The normalized spacial score (nSPS) is 11.1. The Morgan fingerprint density at radius 3 is 0.538 bits per heavy atom. The van der Waals surface area contributed by atoms with Crippen molar-refractivity contribution in [3.05, 3.63) is 129 Å². The molecule has 0 saturated heterocycles. The second-order valence-corrected chi connectivity index (χ2v) is 14.1. The number of hydrogen-bond acceptors (Lipinski definition) is 4. The van der Waals surface area contributed by atoms with Crippen LogP contribution in [-0.2, 0) is 0 Å². The van der Waals surface area contributed by atoms with Gasteiger partial charge >= 0.3 is 0 Å². The summed E-state index contributed by atoms with van der Waals surface area (Å²) in [4.78, 5) is 0. The van der Waals surface area contributed by atoms with Gasteiger partial charge in [0, 0.05) is 0 Å². The van der Waals surface area contributed by atoms with E-state index in [4.69, 9.17) is 18.9 Å². The van der Waals surface area contributed by atoms with E-state index in [9.17, 15) is 0 Å². The van der Waals surface area contributed by atoms with E-state index in [-0.39, 0.29) is 0 Å². The van der Waals surface area contributed by atoms with Crippen molar-refractivity contribution in [3.8, 4) is 78.6 Å². The molecule has 0 radical (unpaired) electrons. The minimum Gasteiger partial charge on any atom is -0.497 e. The summed E-state index contributed by atoms with van der Waals surface area (Å²) in [5.41, 5.74) is 21.2. The highest BCUT2D eigenvalue weighted by Gasteiger charge is 2.19. The molecule has 0 aliphatic heterocycles. The van der Waals surface area contributed by atoms with Crippen molar-refractivity contribution in [1.29, 1.82) is 0 Å². The van der Waals surface area contributed by atoms with Gasteiger partial charge in [0.1, 0.15) is 23.0 Å². The first-order chi connectivity index (χ1) is 24.8. The number of ether oxygens (including phenoxy) is 4. The Hall–Kier alpha value is -5.48. The highest BCUT2D eigenvalue weighted by atomic mass is 16.5. The molecule has 4 heteroatoms. The lowest BCUT2D eigenvalue weighted by Gasteiger charge is -2.20. The number of benzene rings is 6. The van der Waals surface area contributed by atoms with Crippen LogP contribution in [0, 0.1) is 55.4 Å². The first-order valence-corrected chi connectivity index (χ1v) is 17.8. The topological polar surface area (TPSA) is 36.9 Å². The van der Waals surface area contributed by atoms with Crippen LogP contribution in [0.4, 0.5) is 0 Å². The van der Waals surface area contributed by atoms with Gasteiger partial charge in [-0.25, -0.2) is 0 Å². The molecule has 0 heterocycles. The van der Waals surface area contributed by atoms with Gasteiger partial charge in [0.25, 0.3) is 0 Å².